The Hall–Kier alpha value is -2.24. The van der Waals surface area contributed by atoms with Crippen molar-refractivity contribution >= 4 is 5.69 Å². The van der Waals surface area contributed by atoms with E-state index in [1.165, 1.54) is 0 Å². The lowest BCUT2D eigenvalue weighted by molar-refractivity contribution is 0.415. The molecule has 0 radical (unpaired) electrons. The molecular formula is C10H12N4O2. The van der Waals surface area contributed by atoms with Crippen LogP contribution in [0.3, 0.4) is 0 Å². The van der Waals surface area contributed by atoms with E-state index >= 15 is 0 Å². The Labute approximate surface area is 91.7 Å². The first-order valence-electron chi connectivity index (χ1n) is 4.79. The van der Waals surface area contributed by atoms with Crippen molar-refractivity contribution in [2.24, 2.45) is 0 Å². The number of nitrogens with one attached hydrogen (secondary N) is 3. The molecule has 0 fully saturated rings. The second kappa shape index (κ2) is 4.52. The normalized spacial score (nSPS) is 10.1. The summed E-state index contributed by atoms with van der Waals surface area (Å²) in [5.74, 6) is 1.34. The van der Waals surface area contributed by atoms with E-state index in [0.29, 0.717) is 12.4 Å². The van der Waals surface area contributed by atoms with Crippen molar-refractivity contribution in [3.63, 3.8) is 0 Å². The van der Waals surface area contributed by atoms with Crippen molar-refractivity contribution in [3.05, 3.63) is 40.6 Å². The third-order valence-corrected chi connectivity index (χ3v) is 2.08. The second-order valence-corrected chi connectivity index (χ2v) is 3.21. The summed E-state index contributed by atoms with van der Waals surface area (Å²) in [4.78, 5) is 13.3. The lowest BCUT2D eigenvalue weighted by atomic mass is 10.3. The Kier molecular flexibility index (Phi) is 2.90. The maximum absolute atomic E-state index is 10.8. The zero-order valence-electron chi connectivity index (χ0n) is 8.78. The van der Waals surface area contributed by atoms with E-state index in [0.717, 1.165) is 11.4 Å². The lowest BCUT2D eigenvalue weighted by Crippen LogP contribution is -2.04. The largest absolute Gasteiger partial charge is 0.497 e. The molecule has 0 aliphatic rings. The summed E-state index contributed by atoms with van der Waals surface area (Å²) in [6.45, 7) is 0.450. The smallest absolute Gasteiger partial charge is 0.340 e. The number of methoxy groups -OCH3 is 1. The summed E-state index contributed by atoms with van der Waals surface area (Å²) in [5, 5.41) is 9.20. The topological polar surface area (TPSA) is 82.8 Å². The summed E-state index contributed by atoms with van der Waals surface area (Å²) in [5.41, 5.74) is 0.602. The van der Waals surface area contributed by atoms with Crippen molar-refractivity contribution in [3.8, 4) is 5.75 Å². The summed E-state index contributed by atoms with van der Waals surface area (Å²) in [7, 11) is 1.62. The van der Waals surface area contributed by atoms with E-state index in [2.05, 4.69) is 20.5 Å². The van der Waals surface area contributed by atoms with Gasteiger partial charge in [0.05, 0.1) is 13.7 Å². The van der Waals surface area contributed by atoms with Crippen LogP contribution < -0.4 is 15.7 Å². The Morgan fingerprint density at radius 1 is 1.50 bits per heavy atom. The van der Waals surface area contributed by atoms with Gasteiger partial charge in [-0.1, -0.05) is 6.07 Å². The van der Waals surface area contributed by atoms with E-state index in [1.54, 1.807) is 7.11 Å². The zero-order chi connectivity index (χ0) is 11.4. The maximum atomic E-state index is 10.8. The minimum absolute atomic E-state index is 0.303. The van der Waals surface area contributed by atoms with Crippen LogP contribution in [0.25, 0.3) is 0 Å². The molecule has 0 saturated carbocycles. The van der Waals surface area contributed by atoms with Crippen molar-refractivity contribution in [2.45, 2.75) is 6.54 Å². The fourth-order valence-corrected chi connectivity index (χ4v) is 1.31. The summed E-state index contributed by atoms with van der Waals surface area (Å²) in [6.07, 6.45) is 0. The standard InChI is InChI=1S/C10H12N4O2/c1-16-8-4-2-3-7(5-8)11-6-9-12-10(15)14-13-9/h2-5,11H,6H2,1H3,(H2,12,13,14,15). The van der Waals surface area contributed by atoms with Crippen LogP contribution >= 0.6 is 0 Å². The van der Waals surface area contributed by atoms with Gasteiger partial charge >= 0.3 is 5.69 Å². The quantitative estimate of drug-likeness (QED) is 0.709. The van der Waals surface area contributed by atoms with Gasteiger partial charge in [-0.05, 0) is 12.1 Å². The maximum Gasteiger partial charge on any atom is 0.340 e. The van der Waals surface area contributed by atoms with Crippen LogP contribution in [0.15, 0.2) is 29.1 Å². The highest BCUT2D eigenvalue weighted by atomic mass is 16.5. The predicted octanol–water partition coefficient (Wildman–Crippen LogP) is 0.719. The molecule has 0 atom stereocenters. The number of rotatable bonds is 4. The van der Waals surface area contributed by atoms with Crippen LogP contribution in [-0.4, -0.2) is 22.3 Å². The third-order valence-electron chi connectivity index (χ3n) is 2.08. The molecule has 0 amide bonds. The number of nitrogens with zero attached hydrogens (tertiary/aromatic N) is 1. The van der Waals surface area contributed by atoms with E-state index in [4.69, 9.17) is 4.74 Å². The van der Waals surface area contributed by atoms with E-state index in [9.17, 15) is 4.79 Å². The number of ether oxygens (including phenoxy) is 1. The molecule has 0 spiro atoms. The molecule has 3 N–H and O–H groups in total. The highest BCUT2D eigenvalue weighted by Crippen LogP contribution is 2.16. The van der Waals surface area contributed by atoms with Gasteiger partial charge in [-0.25, -0.2) is 9.89 Å². The van der Waals surface area contributed by atoms with Crippen molar-refractivity contribution < 1.29 is 4.74 Å². The molecule has 0 aliphatic heterocycles. The molecule has 2 rings (SSSR count). The molecule has 0 saturated heterocycles. The predicted molar refractivity (Wildman–Crippen MR) is 59.5 cm³/mol. The van der Waals surface area contributed by atoms with Crippen molar-refractivity contribution in [2.75, 3.05) is 12.4 Å². The number of aromatic amines is 2. The van der Waals surface area contributed by atoms with Gasteiger partial charge in [-0.3, -0.25) is 4.98 Å². The Morgan fingerprint density at radius 2 is 2.38 bits per heavy atom. The van der Waals surface area contributed by atoms with Crippen LogP contribution in [0.5, 0.6) is 5.75 Å². The van der Waals surface area contributed by atoms with Crippen molar-refractivity contribution in [1.82, 2.24) is 15.2 Å². The number of hydrogen-bond acceptors (Lipinski definition) is 4. The Balaban J connectivity index is 2.01. The average molecular weight is 220 g/mol. The van der Waals surface area contributed by atoms with Gasteiger partial charge in [0, 0.05) is 11.8 Å². The van der Waals surface area contributed by atoms with Gasteiger partial charge in [0.1, 0.15) is 11.6 Å². The van der Waals surface area contributed by atoms with Gasteiger partial charge in [-0.15, -0.1) is 0 Å². The van der Waals surface area contributed by atoms with Crippen molar-refractivity contribution in [1.29, 1.82) is 0 Å². The first kappa shape index (κ1) is 10.3. The molecule has 2 aromatic rings. The average Bonchev–Trinajstić information content (AvgIpc) is 2.73. The van der Waals surface area contributed by atoms with Crippen LogP contribution in [0.4, 0.5) is 5.69 Å². The molecule has 6 nitrogen and oxygen atoms in total. The molecule has 16 heavy (non-hydrogen) atoms. The summed E-state index contributed by atoms with van der Waals surface area (Å²) < 4.78 is 5.09. The molecule has 6 heteroatoms. The van der Waals surface area contributed by atoms with E-state index in [-0.39, 0.29) is 5.69 Å². The molecule has 1 heterocycles. The summed E-state index contributed by atoms with van der Waals surface area (Å²) >= 11 is 0. The summed E-state index contributed by atoms with van der Waals surface area (Å²) in [6, 6.07) is 7.52. The van der Waals surface area contributed by atoms with Gasteiger partial charge in [-0.2, -0.15) is 5.10 Å². The number of benzene rings is 1. The molecule has 0 aliphatic carbocycles. The van der Waals surface area contributed by atoms with Crippen LogP contribution in [0.2, 0.25) is 0 Å². The molecule has 1 aromatic carbocycles. The lowest BCUT2D eigenvalue weighted by Gasteiger charge is -2.05. The number of hydrogen-bond donors (Lipinski definition) is 3. The fourth-order valence-electron chi connectivity index (χ4n) is 1.31. The second-order valence-electron chi connectivity index (χ2n) is 3.21. The third kappa shape index (κ3) is 2.41. The highest BCUT2D eigenvalue weighted by molar-refractivity contribution is 5.48. The Morgan fingerprint density at radius 3 is 3.06 bits per heavy atom. The number of anilines is 1. The molecule has 0 bridgehead atoms. The SMILES string of the molecule is COc1cccc(NCc2n[nH]c(=O)[nH]2)c1. The van der Waals surface area contributed by atoms with Crippen LogP contribution in [-0.2, 0) is 6.54 Å². The van der Waals surface area contributed by atoms with Crippen LogP contribution in [0, 0.1) is 0 Å². The zero-order valence-corrected chi connectivity index (χ0v) is 8.78. The van der Waals surface area contributed by atoms with E-state index in [1.807, 2.05) is 24.3 Å². The monoisotopic (exact) mass is 220 g/mol. The van der Waals surface area contributed by atoms with Gasteiger partial charge < -0.3 is 10.1 Å². The molecular weight excluding hydrogens is 208 g/mol. The minimum Gasteiger partial charge on any atom is -0.497 e. The first-order valence-corrected chi connectivity index (χ1v) is 4.79. The highest BCUT2D eigenvalue weighted by Gasteiger charge is 1.98. The molecule has 1 aromatic heterocycles. The number of aromatic nitrogens is 3. The number of H-pyrrole nitrogens is 2. The molecule has 84 valence electrons. The van der Waals surface area contributed by atoms with Crippen LogP contribution in [0.1, 0.15) is 5.82 Å². The fraction of sp³-hybridized carbons (Fsp3) is 0.200. The van der Waals surface area contributed by atoms with E-state index < -0.39 is 0 Å². The minimum atomic E-state index is -0.303. The first-order chi connectivity index (χ1) is 7.78. The Bertz CT molecular complexity index is 517. The van der Waals surface area contributed by atoms with Gasteiger partial charge in [0.2, 0.25) is 0 Å². The molecule has 0 unspecified atom stereocenters. The van der Waals surface area contributed by atoms with Gasteiger partial charge in [0.15, 0.2) is 0 Å². The van der Waals surface area contributed by atoms with Gasteiger partial charge in [0.25, 0.3) is 0 Å².